The van der Waals surface area contributed by atoms with E-state index in [9.17, 15) is 24.5 Å². The van der Waals surface area contributed by atoms with Crippen molar-refractivity contribution >= 4 is 34.2 Å². The number of carbonyl (C=O) groups is 2. The number of carbonyl (C=O) groups excluding carboxylic acids is 2. The second kappa shape index (κ2) is 11.2. The fourth-order valence-electron chi connectivity index (χ4n) is 3.86. The van der Waals surface area contributed by atoms with Gasteiger partial charge in [-0.2, -0.15) is 0 Å². The summed E-state index contributed by atoms with van der Waals surface area (Å²) in [6.07, 6.45) is 0.0464. The van der Waals surface area contributed by atoms with Crippen LogP contribution in [0.3, 0.4) is 0 Å². The van der Waals surface area contributed by atoms with Crippen LogP contribution in [0.4, 0.5) is 11.4 Å². The van der Waals surface area contributed by atoms with Crippen LogP contribution >= 0.6 is 0 Å². The minimum Gasteiger partial charge on any atom is -0.497 e. The van der Waals surface area contributed by atoms with E-state index in [4.69, 9.17) is 9.15 Å². The van der Waals surface area contributed by atoms with Crippen LogP contribution in [-0.2, 0) is 22.4 Å². The van der Waals surface area contributed by atoms with Crippen molar-refractivity contribution in [3.63, 3.8) is 0 Å². The van der Waals surface area contributed by atoms with E-state index in [2.05, 4.69) is 10.6 Å². The summed E-state index contributed by atoms with van der Waals surface area (Å²) in [5.41, 5.74) is 1.18. The SMILES string of the molecule is COc1ccc2c(CC(=O)N[C@@H](Cc3ccccc3)C(=O)Nc3ccc([N+](=O)[O-])cc3)cc(=O)oc2c1. The maximum Gasteiger partial charge on any atom is 0.336 e. The van der Waals surface area contributed by atoms with Crippen molar-refractivity contribution in [2.45, 2.75) is 18.9 Å². The van der Waals surface area contributed by atoms with Crippen molar-refractivity contribution in [1.29, 1.82) is 0 Å². The summed E-state index contributed by atoms with van der Waals surface area (Å²) in [5, 5.41) is 16.9. The summed E-state index contributed by atoms with van der Waals surface area (Å²) in [7, 11) is 1.49. The first kappa shape index (κ1) is 25.1. The third kappa shape index (κ3) is 6.37. The molecule has 4 aromatic rings. The zero-order valence-electron chi connectivity index (χ0n) is 19.8. The standard InChI is InChI=1S/C27H23N3O7/c1-36-21-11-12-22-18(15-26(32)37-24(22)16-21)14-25(31)29-23(13-17-5-3-2-4-6-17)27(33)28-19-7-9-20(10-8-19)30(34)35/h2-12,15-16,23H,13-14H2,1H3,(H,28,33)(H,29,31)/t23-/m0/s1. The van der Waals surface area contributed by atoms with Crippen molar-refractivity contribution in [3.8, 4) is 5.75 Å². The molecule has 188 valence electrons. The summed E-state index contributed by atoms with van der Waals surface area (Å²) in [5.74, 6) is -0.459. The lowest BCUT2D eigenvalue weighted by Gasteiger charge is -2.19. The van der Waals surface area contributed by atoms with Crippen LogP contribution in [0.25, 0.3) is 11.0 Å². The van der Waals surface area contributed by atoms with Crippen LogP contribution < -0.4 is 21.0 Å². The summed E-state index contributed by atoms with van der Waals surface area (Å²) in [6, 6.07) is 19.8. The Kier molecular flexibility index (Phi) is 7.58. The molecule has 1 aromatic heterocycles. The molecule has 3 aromatic carbocycles. The minimum atomic E-state index is -0.948. The molecule has 2 N–H and O–H groups in total. The highest BCUT2D eigenvalue weighted by molar-refractivity contribution is 5.98. The van der Waals surface area contributed by atoms with Crippen molar-refractivity contribution in [3.05, 3.63) is 111 Å². The van der Waals surface area contributed by atoms with Gasteiger partial charge in [-0.05, 0) is 35.4 Å². The molecule has 10 nitrogen and oxygen atoms in total. The van der Waals surface area contributed by atoms with Crippen molar-refractivity contribution in [2.24, 2.45) is 0 Å². The molecule has 0 fully saturated rings. The van der Waals surface area contributed by atoms with Crippen molar-refractivity contribution < 1.29 is 23.7 Å². The fraction of sp³-hybridized carbons (Fsp3) is 0.148. The number of anilines is 1. The average molecular weight is 501 g/mol. The number of hydrogen-bond acceptors (Lipinski definition) is 7. The number of nitro benzene ring substituents is 1. The van der Waals surface area contributed by atoms with E-state index in [1.807, 2.05) is 30.3 Å². The van der Waals surface area contributed by atoms with E-state index >= 15 is 0 Å². The van der Waals surface area contributed by atoms with Crippen LogP contribution in [0, 0.1) is 10.1 Å². The van der Waals surface area contributed by atoms with Gasteiger partial charge in [0.05, 0.1) is 18.5 Å². The van der Waals surface area contributed by atoms with Gasteiger partial charge in [0.2, 0.25) is 11.8 Å². The van der Waals surface area contributed by atoms with E-state index in [1.165, 1.54) is 37.4 Å². The third-order valence-corrected chi connectivity index (χ3v) is 5.67. The molecule has 0 aliphatic carbocycles. The molecule has 4 rings (SSSR count). The van der Waals surface area contributed by atoms with Gasteiger partial charge in [0.15, 0.2) is 0 Å². The quantitative estimate of drug-likeness (QED) is 0.203. The first-order valence-electron chi connectivity index (χ1n) is 11.3. The number of hydrogen-bond donors (Lipinski definition) is 2. The molecule has 0 aliphatic heterocycles. The number of nitrogens with zero attached hydrogens (tertiary/aromatic N) is 1. The highest BCUT2D eigenvalue weighted by atomic mass is 16.6. The second-order valence-corrected chi connectivity index (χ2v) is 8.23. The molecule has 10 heteroatoms. The predicted molar refractivity (Wildman–Crippen MR) is 137 cm³/mol. The Labute approximate surface area is 211 Å². The number of benzene rings is 3. The Morgan fingerprint density at radius 2 is 1.76 bits per heavy atom. The summed E-state index contributed by atoms with van der Waals surface area (Å²) >= 11 is 0. The normalized spacial score (nSPS) is 11.5. The lowest BCUT2D eigenvalue weighted by molar-refractivity contribution is -0.384. The number of nitro groups is 1. The Morgan fingerprint density at radius 1 is 1.03 bits per heavy atom. The first-order chi connectivity index (χ1) is 17.8. The maximum absolute atomic E-state index is 13.1. The number of amides is 2. The fourth-order valence-corrected chi connectivity index (χ4v) is 3.86. The van der Waals surface area contributed by atoms with Crippen LogP contribution in [0.2, 0.25) is 0 Å². The number of ether oxygens (including phenoxy) is 1. The van der Waals surface area contributed by atoms with E-state index in [0.29, 0.717) is 22.4 Å². The molecule has 0 spiro atoms. The number of non-ortho nitro benzene ring substituents is 1. The van der Waals surface area contributed by atoms with Gasteiger partial charge in [-0.3, -0.25) is 19.7 Å². The van der Waals surface area contributed by atoms with E-state index in [0.717, 1.165) is 5.56 Å². The van der Waals surface area contributed by atoms with E-state index in [1.54, 1.807) is 18.2 Å². The number of methoxy groups -OCH3 is 1. The Balaban J connectivity index is 1.54. The van der Waals surface area contributed by atoms with Gasteiger partial charge >= 0.3 is 5.63 Å². The summed E-state index contributed by atoms with van der Waals surface area (Å²) in [6.45, 7) is 0. The minimum absolute atomic E-state index is 0.107. The lowest BCUT2D eigenvalue weighted by atomic mass is 10.0. The molecule has 1 atom stereocenters. The highest BCUT2D eigenvalue weighted by Gasteiger charge is 2.23. The molecule has 0 radical (unpaired) electrons. The summed E-state index contributed by atoms with van der Waals surface area (Å²) in [4.78, 5) is 48.6. The van der Waals surface area contributed by atoms with Gasteiger partial charge in [-0.1, -0.05) is 30.3 Å². The van der Waals surface area contributed by atoms with Crippen LogP contribution in [0.1, 0.15) is 11.1 Å². The number of rotatable bonds is 9. The van der Waals surface area contributed by atoms with Crippen LogP contribution in [0.15, 0.2) is 88.1 Å². The first-order valence-corrected chi connectivity index (χ1v) is 11.3. The zero-order chi connectivity index (χ0) is 26.4. The van der Waals surface area contributed by atoms with Gasteiger partial charge in [0.1, 0.15) is 17.4 Å². The third-order valence-electron chi connectivity index (χ3n) is 5.67. The van der Waals surface area contributed by atoms with Crippen molar-refractivity contribution in [2.75, 3.05) is 12.4 Å². The topological polar surface area (TPSA) is 141 Å². The largest absolute Gasteiger partial charge is 0.497 e. The van der Waals surface area contributed by atoms with Gasteiger partial charge in [0, 0.05) is 41.8 Å². The monoisotopic (exact) mass is 501 g/mol. The van der Waals surface area contributed by atoms with Crippen LogP contribution in [0.5, 0.6) is 5.75 Å². The Bertz CT molecular complexity index is 1500. The smallest absolute Gasteiger partial charge is 0.336 e. The molecular formula is C27H23N3O7. The van der Waals surface area contributed by atoms with E-state index < -0.39 is 28.4 Å². The molecule has 37 heavy (non-hydrogen) atoms. The van der Waals surface area contributed by atoms with Crippen LogP contribution in [-0.4, -0.2) is 29.9 Å². The Morgan fingerprint density at radius 3 is 2.43 bits per heavy atom. The molecule has 1 heterocycles. The molecule has 0 aliphatic rings. The van der Waals surface area contributed by atoms with Crippen molar-refractivity contribution in [1.82, 2.24) is 5.32 Å². The highest BCUT2D eigenvalue weighted by Crippen LogP contribution is 2.23. The van der Waals surface area contributed by atoms with E-state index in [-0.39, 0.29) is 24.1 Å². The molecule has 2 amide bonds. The molecule has 0 unspecified atom stereocenters. The molecular weight excluding hydrogens is 478 g/mol. The summed E-state index contributed by atoms with van der Waals surface area (Å²) < 4.78 is 10.4. The Hall–Kier alpha value is -4.99. The predicted octanol–water partition coefficient (Wildman–Crippen LogP) is 3.62. The molecule has 0 saturated heterocycles. The van der Waals surface area contributed by atoms with Gasteiger partial charge < -0.3 is 19.8 Å². The average Bonchev–Trinajstić information content (AvgIpc) is 2.88. The zero-order valence-corrected chi connectivity index (χ0v) is 19.8. The number of nitrogens with one attached hydrogen (secondary N) is 2. The number of fused-ring (bicyclic) bond motifs is 1. The second-order valence-electron chi connectivity index (χ2n) is 8.23. The van der Waals surface area contributed by atoms with Gasteiger partial charge in [-0.25, -0.2) is 4.79 Å². The maximum atomic E-state index is 13.1. The van der Waals surface area contributed by atoms with Gasteiger partial charge in [0.25, 0.3) is 5.69 Å². The van der Waals surface area contributed by atoms with Gasteiger partial charge in [-0.15, -0.1) is 0 Å². The lowest BCUT2D eigenvalue weighted by Crippen LogP contribution is -2.45. The molecule has 0 saturated carbocycles. The molecule has 0 bridgehead atoms.